The van der Waals surface area contributed by atoms with Gasteiger partial charge in [-0.2, -0.15) is 5.10 Å². The van der Waals surface area contributed by atoms with Crippen molar-refractivity contribution in [2.24, 2.45) is 7.05 Å². The zero-order chi connectivity index (χ0) is 17.6. The van der Waals surface area contributed by atoms with Crippen LogP contribution in [0.25, 0.3) is 0 Å². The molecule has 1 aromatic heterocycles. The van der Waals surface area contributed by atoms with Crippen LogP contribution in [0.4, 0.5) is 0 Å². The van der Waals surface area contributed by atoms with E-state index in [1.165, 1.54) is 5.56 Å². The first-order valence-corrected chi connectivity index (χ1v) is 8.40. The third-order valence-electron chi connectivity index (χ3n) is 4.70. The van der Waals surface area contributed by atoms with Crippen molar-refractivity contribution in [1.82, 2.24) is 19.6 Å². The van der Waals surface area contributed by atoms with Gasteiger partial charge in [0.25, 0.3) is 5.91 Å². The van der Waals surface area contributed by atoms with Crippen molar-refractivity contribution in [1.29, 1.82) is 0 Å². The third-order valence-corrected chi connectivity index (χ3v) is 4.70. The molecule has 3 heterocycles. The summed E-state index contributed by atoms with van der Waals surface area (Å²) in [7, 11) is 6.03. The molecule has 1 amide bonds. The number of rotatable bonds is 3. The highest BCUT2D eigenvalue weighted by Gasteiger charge is 2.28. The number of aromatic nitrogens is 2. The topological polar surface area (TPSA) is 59.8 Å². The highest BCUT2D eigenvalue weighted by Crippen LogP contribution is 2.33. The number of aryl methyl sites for hydroxylation is 1. The molecule has 0 spiro atoms. The molecule has 0 saturated carbocycles. The lowest BCUT2D eigenvalue weighted by Gasteiger charge is -2.28. The summed E-state index contributed by atoms with van der Waals surface area (Å²) in [6.07, 6.45) is 0.836. The van der Waals surface area contributed by atoms with Gasteiger partial charge < -0.3 is 19.3 Å². The van der Waals surface area contributed by atoms with Crippen LogP contribution in [0.5, 0.6) is 11.5 Å². The van der Waals surface area contributed by atoms with E-state index in [1.54, 1.807) is 18.2 Å². The smallest absolute Gasteiger partial charge is 0.254 e. The number of benzene rings is 1. The Labute approximate surface area is 146 Å². The Morgan fingerprint density at radius 3 is 2.88 bits per heavy atom. The summed E-state index contributed by atoms with van der Waals surface area (Å²) in [5.41, 5.74) is 4.14. The quantitative estimate of drug-likeness (QED) is 0.844. The van der Waals surface area contributed by atoms with Gasteiger partial charge in [-0.3, -0.25) is 9.48 Å². The zero-order valence-electron chi connectivity index (χ0n) is 14.8. The molecule has 2 aliphatic rings. The van der Waals surface area contributed by atoms with E-state index in [9.17, 15) is 4.79 Å². The van der Waals surface area contributed by atoms with E-state index in [0.29, 0.717) is 30.2 Å². The maximum Gasteiger partial charge on any atom is 0.254 e. The number of hydrogen-bond donors (Lipinski definition) is 0. The Morgan fingerprint density at radius 2 is 2.08 bits per heavy atom. The van der Waals surface area contributed by atoms with Gasteiger partial charge in [0.15, 0.2) is 11.5 Å². The Morgan fingerprint density at radius 1 is 1.28 bits per heavy atom. The summed E-state index contributed by atoms with van der Waals surface area (Å²) >= 11 is 0. The van der Waals surface area contributed by atoms with Crippen LogP contribution >= 0.6 is 0 Å². The predicted octanol–water partition coefficient (Wildman–Crippen LogP) is 1.41. The van der Waals surface area contributed by atoms with Gasteiger partial charge in [0, 0.05) is 31.3 Å². The summed E-state index contributed by atoms with van der Waals surface area (Å²) < 4.78 is 12.6. The van der Waals surface area contributed by atoms with Crippen molar-refractivity contribution in [3.8, 4) is 11.5 Å². The number of amides is 1. The molecular formula is C18H22N4O3. The molecular weight excluding hydrogens is 320 g/mol. The first kappa shape index (κ1) is 16.0. The largest absolute Gasteiger partial charge is 0.454 e. The molecule has 132 valence electrons. The highest BCUT2D eigenvalue weighted by atomic mass is 16.7. The average Bonchev–Trinajstić information content (AvgIpc) is 3.18. The summed E-state index contributed by atoms with van der Waals surface area (Å²) in [5, 5.41) is 4.65. The van der Waals surface area contributed by atoms with Crippen LogP contribution in [0.1, 0.15) is 27.3 Å². The summed E-state index contributed by atoms with van der Waals surface area (Å²) in [6, 6.07) is 5.36. The molecule has 7 heteroatoms. The van der Waals surface area contributed by atoms with Gasteiger partial charge in [-0.05, 0) is 38.7 Å². The van der Waals surface area contributed by atoms with E-state index in [1.807, 2.05) is 30.7 Å². The number of hydrogen-bond acceptors (Lipinski definition) is 5. The first-order chi connectivity index (χ1) is 12.0. The van der Waals surface area contributed by atoms with Gasteiger partial charge in [0.05, 0.1) is 17.9 Å². The summed E-state index contributed by atoms with van der Waals surface area (Å²) in [6.45, 7) is 2.31. The van der Waals surface area contributed by atoms with Crippen LogP contribution in [0.15, 0.2) is 18.2 Å². The molecule has 0 aliphatic carbocycles. The molecule has 0 N–H and O–H groups in total. The Bertz CT molecular complexity index is 828. The standard InChI is InChI=1S/C18H22N4O3/c1-20(2)9-14-13-6-7-22(10-15(13)21(3)19-14)18(23)12-4-5-16-17(8-12)25-11-24-16/h4-5,8H,6-7,9-11H2,1-3H3. The van der Waals surface area contributed by atoms with Crippen LogP contribution in [0, 0.1) is 0 Å². The maximum absolute atomic E-state index is 12.9. The van der Waals surface area contributed by atoms with Crippen LogP contribution in [-0.2, 0) is 26.6 Å². The SMILES string of the molecule is CN(C)Cc1nn(C)c2c1CCN(C(=O)c1ccc3c(c1)OCO3)C2. The van der Waals surface area contributed by atoms with E-state index in [0.717, 1.165) is 24.4 Å². The Balaban J connectivity index is 1.56. The normalized spacial score (nSPS) is 15.6. The molecule has 0 radical (unpaired) electrons. The van der Waals surface area contributed by atoms with E-state index < -0.39 is 0 Å². The van der Waals surface area contributed by atoms with Crippen molar-refractivity contribution >= 4 is 5.91 Å². The second-order valence-electron chi connectivity index (χ2n) is 6.78. The lowest BCUT2D eigenvalue weighted by molar-refractivity contribution is 0.0729. The molecule has 0 fully saturated rings. The molecule has 2 aromatic rings. The molecule has 25 heavy (non-hydrogen) atoms. The van der Waals surface area contributed by atoms with Gasteiger partial charge in [-0.1, -0.05) is 0 Å². The lowest BCUT2D eigenvalue weighted by atomic mass is 10.0. The minimum atomic E-state index is 0.0132. The van der Waals surface area contributed by atoms with Crippen LogP contribution in [-0.4, -0.2) is 52.9 Å². The highest BCUT2D eigenvalue weighted by molar-refractivity contribution is 5.95. The number of carbonyl (C=O) groups excluding carboxylic acids is 1. The molecule has 7 nitrogen and oxygen atoms in total. The van der Waals surface area contributed by atoms with E-state index >= 15 is 0 Å². The molecule has 0 saturated heterocycles. The second kappa shape index (κ2) is 6.07. The zero-order valence-corrected chi connectivity index (χ0v) is 14.8. The predicted molar refractivity (Wildman–Crippen MR) is 91.6 cm³/mol. The monoisotopic (exact) mass is 342 g/mol. The maximum atomic E-state index is 12.9. The van der Waals surface area contributed by atoms with Gasteiger partial charge in [-0.15, -0.1) is 0 Å². The number of nitrogens with zero attached hydrogens (tertiary/aromatic N) is 4. The van der Waals surface area contributed by atoms with Gasteiger partial charge >= 0.3 is 0 Å². The minimum Gasteiger partial charge on any atom is -0.454 e. The van der Waals surface area contributed by atoms with E-state index in [-0.39, 0.29) is 12.7 Å². The average molecular weight is 342 g/mol. The van der Waals surface area contributed by atoms with Crippen molar-refractivity contribution in [2.75, 3.05) is 27.4 Å². The van der Waals surface area contributed by atoms with Crippen molar-refractivity contribution in [2.45, 2.75) is 19.5 Å². The fourth-order valence-electron chi connectivity index (χ4n) is 3.47. The fraction of sp³-hybridized carbons (Fsp3) is 0.444. The number of fused-ring (bicyclic) bond motifs is 2. The molecule has 0 atom stereocenters. The Hall–Kier alpha value is -2.54. The molecule has 1 aromatic carbocycles. The van der Waals surface area contributed by atoms with Crippen LogP contribution in [0.2, 0.25) is 0 Å². The number of ether oxygens (including phenoxy) is 2. The number of carbonyl (C=O) groups is 1. The fourth-order valence-corrected chi connectivity index (χ4v) is 3.47. The molecule has 4 rings (SSSR count). The minimum absolute atomic E-state index is 0.0132. The van der Waals surface area contributed by atoms with E-state index in [2.05, 4.69) is 10.00 Å². The summed E-state index contributed by atoms with van der Waals surface area (Å²) in [5.74, 6) is 1.34. The molecule has 0 unspecified atom stereocenters. The van der Waals surface area contributed by atoms with E-state index in [4.69, 9.17) is 9.47 Å². The summed E-state index contributed by atoms with van der Waals surface area (Å²) in [4.78, 5) is 16.9. The van der Waals surface area contributed by atoms with Crippen LogP contribution < -0.4 is 9.47 Å². The van der Waals surface area contributed by atoms with Crippen molar-refractivity contribution in [3.05, 3.63) is 40.7 Å². The lowest BCUT2D eigenvalue weighted by Crippen LogP contribution is -2.36. The second-order valence-corrected chi connectivity index (χ2v) is 6.78. The third kappa shape index (κ3) is 2.84. The van der Waals surface area contributed by atoms with Crippen molar-refractivity contribution in [3.63, 3.8) is 0 Å². The van der Waals surface area contributed by atoms with Gasteiger partial charge in [0.2, 0.25) is 6.79 Å². The Kier molecular flexibility index (Phi) is 3.88. The van der Waals surface area contributed by atoms with Crippen LogP contribution in [0.3, 0.4) is 0 Å². The first-order valence-electron chi connectivity index (χ1n) is 8.40. The molecule has 2 aliphatic heterocycles. The van der Waals surface area contributed by atoms with Crippen molar-refractivity contribution < 1.29 is 14.3 Å². The van der Waals surface area contributed by atoms with Gasteiger partial charge in [0.1, 0.15) is 0 Å². The molecule has 0 bridgehead atoms. The van der Waals surface area contributed by atoms with Gasteiger partial charge in [-0.25, -0.2) is 0 Å².